The molecule has 0 radical (unpaired) electrons. The van der Waals surface area contributed by atoms with Crippen LogP contribution in [0.15, 0.2) is 36.7 Å². The highest BCUT2D eigenvalue weighted by Gasteiger charge is 2.33. The number of hydrogen-bond acceptors (Lipinski definition) is 8. The molecule has 3 amide bonds. The van der Waals surface area contributed by atoms with E-state index in [4.69, 9.17) is 5.10 Å². The summed E-state index contributed by atoms with van der Waals surface area (Å²) in [4.78, 5) is 33.8. The van der Waals surface area contributed by atoms with Crippen LogP contribution in [0.2, 0.25) is 0 Å². The van der Waals surface area contributed by atoms with Gasteiger partial charge in [0.05, 0.1) is 12.6 Å². The predicted molar refractivity (Wildman–Crippen MR) is 112 cm³/mol. The number of hydrogen-bond donors (Lipinski definition) is 1. The van der Waals surface area contributed by atoms with Gasteiger partial charge in [-0.2, -0.15) is 4.52 Å². The minimum Gasteiger partial charge on any atom is -0.354 e. The van der Waals surface area contributed by atoms with Crippen molar-refractivity contribution >= 4 is 23.4 Å². The molecule has 1 unspecified atom stereocenters. The number of carbonyl (C=O) groups excluding carboxylic acids is 2. The van der Waals surface area contributed by atoms with E-state index in [-0.39, 0.29) is 18.1 Å². The van der Waals surface area contributed by atoms with Crippen LogP contribution in [0.25, 0.3) is 17.0 Å². The van der Waals surface area contributed by atoms with Crippen molar-refractivity contribution in [2.24, 2.45) is 0 Å². The molecule has 2 aliphatic rings. The smallest absolute Gasteiger partial charge is 0.325 e. The Kier molecular flexibility index (Phi) is 4.94. The van der Waals surface area contributed by atoms with Crippen LogP contribution in [0.5, 0.6) is 0 Å². The molecule has 3 aromatic heterocycles. The number of urea groups is 1. The topological polar surface area (TPSA) is 112 Å². The van der Waals surface area contributed by atoms with E-state index in [1.54, 1.807) is 16.9 Å². The van der Waals surface area contributed by atoms with Gasteiger partial charge in [-0.1, -0.05) is 0 Å². The van der Waals surface area contributed by atoms with Crippen LogP contribution >= 0.6 is 0 Å². The van der Waals surface area contributed by atoms with Crippen LogP contribution in [-0.4, -0.2) is 85.9 Å². The molecule has 2 fully saturated rings. The number of fused-ring (bicyclic) bond motifs is 1. The summed E-state index contributed by atoms with van der Waals surface area (Å²) in [6.07, 6.45) is 4.39. The first-order valence-electron chi connectivity index (χ1n) is 10.3. The van der Waals surface area contributed by atoms with Crippen molar-refractivity contribution in [2.75, 3.05) is 38.1 Å². The fourth-order valence-electron chi connectivity index (χ4n) is 4.03. The van der Waals surface area contributed by atoms with Crippen LogP contribution in [0, 0.1) is 0 Å². The van der Waals surface area contributed by atoms with Crippen molar-refractivity contribution in [1.82, 2.24) is 39.9 Å². The number of anilines is 1. The van der Waals surface area contributed by atoms with Gasteiger partial charge in [0, 0.05) is 51.2 Å². The van der Waals surface area contributed by atoms with Crippen molar-refractivity contribution in [3.63, 3.8) is 0 Å². The standard InChI is InChI=1S/C20H23N9O2/c1-26-18(30)12-17(22-20(26)31)28-9-3-8-27(10-11-28)16-6-5-15-23-24-19(29(15)25-16)14-4-2-7-21-13-14/h2,4-7,13,17H,3,8-12H2,1H3,(H,22,31). The van der Waals surface area contributed by atoms with Crippen LogP contribution in [0.3, 0.4) is 0 Å². The average Bonchev–Trinajstić information content (AvgIpc) is 3.05. The Morgan fingerprint density at radius 3 is 2.77 bits per heavy atom. The molecule has 0 saturated carbocycles. The van der Waals surface area contributed by atoms with E-state index in [2.05, 4.69) is 30.3 Å². The Morgan fingerprint density at radius 1 is 1.06 bits per heavy atom. The zero-order chi connectivity index (χ0) is 21.4. The Balaban J connectivity index is 1.34. The molecule has 3 aromatic rings. The van der Waals surface area contributed by atoms with Crippen molar-refractivity contribution in [3.05, 3.63) is 36.7 Å². The van der Waals surface area contributed by atoms with Gasteiger partial charge < -0.3 is 10.2 Å². The fourth-order valence-corrected chi connectivity index (χ4v) is 4.03. The summed E-state index contributed by atoms with van der Waals surface area (Å²) in [6, 6.07) is 7.31. The number of nitrogens with one attached hydrogen (secondary N) is 1. The lowest BCUT2D eigenvalue weighted by Gasteiger charge is -2.36. The largest absolute Gasteiger partial charge is 0.354 e. The van der Waals surface area contributed by atoms with Crippen LogP contribution in [0.1, 0.15) is 12.8 Å². The molecule has 0 aliphatic carbocycles. The quantitative estimate of drug-likeness (QED) is 0.654. The van der Waals surface area contributed by atoms with Crippen molar-refractivity contribution in [2.45, 2.75) is 19.0 Å². The lowest BCUT2D eigenvalue weighted by Crippen LogP contribution is -2.59. The van der Waals surface area contributed by atoms with Gasteiger partial charge in [0.25, 0.3) is 0 Å². The molecule has 2 aliphatic heterocycles. The number of nitrogens with zero attached hydrogens (tertiary/aromatic N) is 8. The highest BCUT2D eigenvalue weighted by atomic mass is 16.2. The number of imide groups is 1. The van der Waals surface area contributed by atoms with Gasteiger partial charge in [0.1, 0.15) is 5.82 Å². The number of carbonyl (C=O) groups is 2. The predicted octanol–water partition coefficient (Wildman–Crippen LogP) is 0.596. The van der Waals surface area contributed by atoms with Crippen LogP contribution in [-0.2, 0) is 4.79 Å². The van der Waals surface area contributed by atoms with E-state index in [1.165, 1.54) is 7.05 Å². The maximum Gasteiger partial charge on any atom is 0.325 e. The third-order valence-corrected chi connectivity index (χ3v) is 5.80. The molecule has 31 heavy (non-hydrogen) atoms. The summed E-state index contributed by atoms with van der Waals surface area (Å²) in [5.41, 5.74) is 1.52. The Morgan fingerprint density at radius 2 is 1.97 bits per heavy atom. The monoisotopic (exact) mass is 421 g/mol. The zero-order valence-corrected chi connectivity index (χ0v) is 17.2. The normalized spacial score (nSPS) is 20.7. The third kappa shape index (κ3) is 3.67. The number of amides is 3. The first-order valence-corrected chi connectivity index (χ1v) is 10.3. The lowest BCUT2D eigenvalue weighted by molar-refractivity contribution is -0.130. The number of pyridine rings is 1. The van der Waals surface area contributed by atoms with Gasteiger partial charge in [-0.3, -0.25) is 19.6 Å². The maximum atomic E-state index is 12.1. The Labute approximate surface area is 178 Å². The van der Waals surface area contributed by atoms with Gasteiger partial charge in [0.2, 0.25) is 5.91 Å². The zero-order valence-electron chi connectivity index (χ0n) is 17.2. The van der Waals surface area contributed by atoms with Crippen LogP contribution in [0.4, 0.5) is 10.6 Å². The third-order valence-electron chi connectivity index (χ3n) is 5.80. The molecule has 0 aromatic carbocycles. The molecule has 5 rings (SSSR count). The Bertz CT molecular complexity index is 1100. The Hall–Kier alpha value is -3.60. The van der Waals surface area contributed by atoms with Gasteiger partial charge in [-0.05, 0) is 30.7 Å². The summed E-state index contributed by atoms with van der Waals surface area (Å²) in [6.45, 7) is 3.08. The van der Waals surface area contributed by atoms with E-state index in [0.29, 0.717) is 17.9 Å². The highest BCUT2D eigenvalue weighted by Crippen LogP contribution is 2.20. The van der Waals surface area contributed by atoms with Gasteiger partial charge in [-0.15, -0.1) is 15.3 Å². The molecule has 1 N–H and O–H groups in total. The molecular formula is C20H23N9O2. The summed E-state index contributed by atoms with van der Waals surface area (Å²) < 4.78 is 1.74. The van der Waals surface area contributed by atoms with E-state index < -0.39 is 0 Å². The second-order valence-electron chi connectivity index (χ2n) is 7.73. The average molecular weight is 421 g/mol. The minimum absolute atomic E-state index is 0.155. The molecule has 160 valence electrons. The molecule has 11 nitrogen and oxygen atoms in total. The van der Waals surface area contributed by atoms with E-state index in [0.717, 1.165) is 48.9 Å². The lowest BCUT2D eigenvalue weighted by atomic mass is 10.2. The van der Waals surface area contributed by atoms with Gasteiger partial charge in [0.15, 0.2) is 11.5 Å². The van der Waals surface area contributed by atoms with Crippen molar-refractivity contribution < 1.29 is 9.59 Å². The summed E-state index contributed by atoms with van der Waals surface area (Å²) >= 11 is 0. The number of aromatic nitrogens is 5. The second-order valence-corrected chi connectivity index (χ2v) is 7.73. The molecule has 1 atom stereocenters. The molecule has 0 bridgehead atoms. The molecular weight excluding hydrogens is 398 g/mol. The molecule has 0 spiro atoms. The highest BCUT2D eigenvalue weighted by molar-refractivity contribution is 5.96. The fraction of sp³-hybridized carbons (Fsp3) is 0.400. The van der Waals surface area contributed by atoms with Gasteiger partial charge in [-0.25, -0.2) is 4.79 Å². The summed E-state index contributed by atoms with van der Waals surface area (Å²) in [7, 11) is 1.50. The molecule has 2 saturated heterocycles. The SMILES string of the molecule is CN1C(=O)CC(N2CCCN(c3ccc4nnc(-c5cccnc5)n4n3)CC2)NC1=O. The summed E-state index contributed by atoms with van der Waals surface area (Å²) in [5, 5.41) is 16.2. The maximum absolute atomic E-state index is 12.1. The van der Waals surface area contributed by atoms with Gasteiger partial charge >= 0.3 is 6.03 Å². The first-order chi connectivity index (χ1) is 15.1. The first kappa shape index (κ1) is 19.4. The molecule has 5 heterocycles. The van der Waals surface area contributed by atoms with Crippen molar-refractivity contribution in [3.8, 4) is 11.4 Å². The van der Waals surface area contributed by atoms with Crippen molar-refractivity contribution in [1.29, 1.82) is 0 Å². The summed E-state index contributed by atoms with van der Waals surface area (Å²) in [5.74, 6) is 1.33. The number of rotatable bonds is 3. The van der Waals surface area contributed by atoms with E-state index >= 15 is 0 Å². The minimum atomic E-state index is -0.343. The van der Waals surface area contributed by atoms with E-state index in [9.17, 15) is 9.59 Å². The van der Waals surface area contributed by atoms with Crippen LogP contribution < -0.4 is 10.2 Å². The second kappa shape index (κ2) is 7.91. The molecule has 11 heteroatoms. The van der Waals surface area contributed by atoms with E-state index in [1.807, 2.05) is 24.3 Å².